The van der Waals surface area contributed by atoms with Crippen molar-refractivity contribution in [3.8, 4) is 0 Å². The number of nitrogens with one attached hydrogen (secondary N) is 1. The van der Waals surface area contributed by atoms with Crippen LogP contribution in [0.25, 0.3) is 0 Å². The molecule has 0 aliphatic carbocycles. The van der Waals surface area contributed by atoms with E-state index in [-0.39, 0.29) is 12.6 Å². The number of aliphatic hydroxyl groups excluding tert-OH is 1. The summed E-state index contributed by atoms with van der Waals surface area (Å²) in [7, 11) is 1.67. The van der Waals surface area contributed by atoms with Crippen molar-refractivity contribution in [3.05, 3.63) is 0 Å². The molecule has 0 bridgehead atoms. The Bertz CT molecular complexity index is 142. The highest BCUT2D eigenvalue weighted by Gasteiger charge is 2.10. The molecule has 98 valence electrons. The maximum absolute atomic E-state index is 9.11. The molecule has 3 nitrogen and oxygen atoms in total. The van der Waals surface area contributed by atoms with Gasteiger partial charge < -0.3 is 15.2 Å². The van der Waals surface area contributed by atoms with Crippen LogP contribution in [0.4, 0.5) is 0 Å². The molecule has 0 rings (SSSR count). The molecule has 2 N–H and O–H groups in total. The van der Waals surface area contributed by atoms with Crippen LogP contribution in [0.5, 0.6) is 0 Å². The van der Waals surface area contributed by atoms with Gasteiger partial charge >= 0.3 is 0 Å². The van der Waals surface area contributed by atoms with Gasteiger partial charge in [0, 0.05) is 13.2 Å². The van der Waals surface area contributed by atoms with Crippen molar-refractivity contribution in [3.63, 3.8) is 0 Å². The molecule has 0 aromatic rings. The van der Waals surface area contributed by atoms with Crippen molar-refractivity contribution in [2.24, 2.45) is 0 Å². The van der Waals surface area contributed by atoms with E-state index in [0.29, 0.717) is 12.6 Å². The van der Waals surface area contributed by atoms with Crippen molar-refractivity contribution in [2.45, 2.75) is 64.5 Å². The first kappa shape index (κ1) is 15.9. The molecule has 16 heavy (non-hydrogen) atoms. The summed E-state index contributed by atoms with van der Waals surface area (Å²) in [5, 5.41) is 12.5. The van der Waals surface area contributed by atoms with Crippen molar-refractivity contribution in [1.82, 2.24) is 5.32 Å². The van der Waals surface area contributed by atoms with E-state index in [0.717, 1.165) is 0 Å². The predicted octanol–water partition coefficient (Wildman–Crippen LogP) is 2.33. The quantitative estimate of drug-likeness (QED) is 0.536. The van der Waals surface area contributed by atoms with Gasteiger partial charge in [0.15, 0.2) is 0 Å². The third-order valence-electron chi connectivity index (χ3n) is 2.85. The fourth-order valence-electron chi connectivity index (χ4n) is 1.89. The van der Waals surface area contributed by atoms with E-state index in [4.69, 9.17) is 9.84 Å². The molecule has 0 aliphatic heterocycles. The van der Waals surface area contributed by atoms with Crippen LogP contribution < -0.4 is 5.32 Å². The number of rotatable bonds is 11. The number of ether oxygens (including phenoxy) is 1. The fraction of sp³-hybridized carbons (Fsp3) is 1.00. The third kappa shape index (κ3) is 9.13. The first-order chi connectivity index (χ1) is 7.74. The van der Waals surface area contributed by atoms with E-state index in [1.54, 1.807) is 7.11 Å². The highest BCUT2D eigenvalue weighted by Crippen LogP contribution is 2.07. The molecular weight excluding hydrogens is 202 g/mol. The lowest BCUT2D eigenvalue weighted by atomic mass is 10.1. The SMILES string of the molecule is CCCCCCCC(C)NC(CO)COC. The maximum Gasteiger partial charge on any atom is 0.0638 e. The summed E-state index contributed by atoms with van der Waals surface area (Å²) in [6, 6.07) is 0.546. The van der Waals surface area contributed by atoms with Crippen molar-refractivity contribution < 1.29 is 9.84 Å². The van der Waals surface area contributed by atoms with Crippen LogP contribution in [-0.4, -0.2) is 37.5 Å². The van der Waals surface area contributed by atoms with Gasteiger partial charge in [0.1, 0.15) is 0 Å². The molecule has 0 aromatic heterocycles. The number of methoxy groups -OCH3 is 1. The summed E-state index contributed by atoms with van der Waals surface area (Å²) in [5.41, 5.74) is 0. The van der Waals surface area contributed by atoms with Crippen LogP contribution in [0.3, 0.4) is 0 Å². The largest absolute Gasteiger partial charge is 0.395 e. The van der Waals surface area contributed by atoms with Gasteiger partial charge in [0.05, 0.1) is 19.3 Å². The molecule has 2 atom stereocenters. The van der Waals surface area contributed by atoms with Gasteiger partial charge in [-0.15, -0.1) is 0 Å². The van der Waals surface area contributed by atoms with Crippen molar-refractivity contribution in [2.75, 3.05) is 20.3 Å². The lowest BCUT2D eigenvalue weighted by Gasteiger charge is -2.21. The number of hydrogen-bond acceptors (Lipinski definition) is 3. The molecule has 0 spiro atoms. The predicted molar refractivity (Wildman–Crippen MR) is 68.7 cm³/mol. The summed E-state index contributed by atoms with van der Waals surface area (Å²) in [6.07, 6.45) is 7.79. The summed E-state index contributed by atoms with van der Waals surface area (Å²) in [4.78, 5) is 0. The minimum absolute atomic E-state index is 0.0793. The first-order valence-electron chi connectivity index (χ1n) is 6.60. The zero-order valence-corrected chi connectivity index (χ0v) is 11.2. The lowest BCUT2D eigenvalue weighted by Crippen LogP contribution is -2.41. The van der Waals surface area contributed by atoms with E-state index in [1.165, 1.54) is 38.5 Å². The number of aliphatic hydroxyl groups is 1. The Labute approximate surface area is 101 Å². The summed E-state index contributed by atoms with van der Waals surface area (Å²) < 4.78 is 5.03. The van der Waals surface area contributed by atoms with Crippen LogP contribution in [0, 0.1) is 0 Å². The van der Waals surface area contributed by atoms with Crippen LogP contribution in [0.15, 0.2) is 0 Å². The fourth-order valence-corrected chi connectivity index (χ4v) is 1.89. The van der Waals surface area contributed by atoms with Gasteiger partial charge in [0.25, 0.3) is 0 Å². The second-order valence-corrected chi connectivity index (χ2v) is 4.61. The Kier molecular flexibility index (Phi) is 11.3. The Balaban J connectivity index is 3.44. The summed E-state index contributed by atoms with van der Waals surface area (Å²) >= 11 is 0. The molecule has 0 radical (unpaired) electrons. The Morgan fingerprint density at radius 2 is 1.88 bits per heavy atom. The molecule has 0 saturated heterocycles. The topological polar surface area (TPSA) is 41.5 Å². The average molecular weight is 231 g/mol. The molecule has 0 saturated carbocycles. The molecule has 0 aliphatic rings. The second kappa shape index (κ2) is 11.4. The van der Waals surface area contributed by atoms with Crippen molar-refractivity contribution in [1.29, 1.82) is 0 Å². The second-order valence-electron chi connectivity index (χ2n) is 4.61. The highest BCUT2D eigenvalue weighted by molar-refractivity contribution is 4.70. The van der Waals surface area contributed by atoms with E-state index in [2.05, 4.69) is 19.2 Å². The van der Waals surface area contributed by atoms with Gasteiger partial charge in [-0.25, -0.2) is 0 Å². The smallest absolute Gasteiger partial charge is 0.0638 e. The van der Waals surface area contributed by atoms with Crippen LogP contribution in [0.2, 0.25) is 0 Å². The van der Waals surface area contributed by atoms with Gasteiger partial charge in [0.2, 0.25) is 0 Å². The highest BCUT2D eigenvalue weighted by atomic mass is 16.5. The summed E-state index contributed by atoms with van der Waals surface area (Å²) in [5.74, 6) is 0. The van der Waals surface area contributed by atoms with Crippen LogP contribution in [-0.2, 0) is 4.74 Å². The Morgan fingerprint density at radius 3 is 2.44 bits per heavy atom. The van der Waals surface area contributed by atoms with Crippen molar-refractivity contribution >= 4 is 0 Å². The van der Waals surface area contributed by atoms with E-state index in [1.807, 2.05) is 0 Å². The molecule has 0 heterocycles. The first-order valence-corrected chi connectivity index (χ1v) is 6.60. The molecule has 2 unspecified atom stereocenters. The molecular formula is C13H29NO2. The van der Waals surface area contributed by atoms with Gasteiger partial charge in [-0.3, -0.25) is 0 Å². The average Bonchev–Trinajstić information content (AvgIpc) is 2.28. The summed E-state index contributed by atoms with van der Waals surface area (Å²) in [6.45, 7) is 5.14. The lowest BCUT2D eigenvalue weighted by molar-refractivity contribution is 0.122. The maximum atomic E-state index is 9.11. The Hall–Kier alpha value is -0.120. The minimum atomic E-state index is 0.0793. The van der Waals surface area contributed by atoms with Gasteiger partial charge in [-0.05, 0) is 13.3 Å². The zero-order valence-electron chi connectivity index (χ0n) is 11.2. The number of hydrogen-bond donors (Lipinski definition) is 2. The molecule has 0 aromatic carbocycles. The zero-order chi connectivity index (χ0) is 12.2. The van der Waals surface area contributed by atoms with Crippen LogP contribution in [0.1, 0.15) is 52.4 Å². The third-order valence-corrected chi connectivity index (χ3v) is 2.85. The monoisotopic (exact) mass is 231 g/mol. The van der Waals surface area contributed by atoms with E-state index < -0.39 is 0 Å². The standard InChI is InChI=1S/C13H29NO2/c1-4-5-6-7-8-9-12(2)14-13(10-15)11-16-3/h12-15H,4-11H2,1-3H3. The van der Waals surface area contributed by atoms with Gasteiger partial charge in [-0.1, -0.05) is 39.0 Å². The Morgan fingerprint density at radius 1 is 1.19 bits per heavy atom. The molecule has 0 fully saturated rings. The van der Waals surface area contributed by atoms with E-state index in [9.17, 15) is 0 Å². The number of unbranched alkanes of at least 4 members (excludes halogenated alkanes) is 4. The normalized spacial score (nSPS) is 15.0. The molecule has 3 heteroatoms. The van der Waals surface area contributed by atoms with Crippen LogP contribution >= 0.6 is 0 Å². The van der Waals surface area contributed by atoms with E-state index >= 15 is 0 Å². The minimum Gasteiger partial charge on any atom is -0.395 e. The molecule has 0 amide bonds. The van der Waals surface area contributed by atoms with Gasteiger partial charge in [-0.2, -0.15) is 0 Å².